The van der Waals surface area contributed by atoms with Gasteiger partial charge in [0.15, 0.2) is 0 Å². The van der Waals surface area contributed by atoms with Gasteiger partial charge >= 0.3 is 0 Å². The van der Waals surface area contributed by atoms with Crippen molar-refractivity contribution in [2.24, 2.45) is 0 Å². The second kappa shape index (κ2) is 15.0. The van der Waals surface area contributed by atoms with Crippen molar-refractivity contribution >= 4 is 22.1 Å². The van der Waals surface area contributed by atoms with E-state index in [1.165, 1.54) is 19.2 Å². The molecule has 0 fully saturated rings. The third-order valence-electron chi connectivity index (χ3n) is 7.78. The van der Waals surface area contributed by atoms with Gasteiger partial charge in [-0.3, -0.25) is 0 Å². The van der Waals surface area contributed by atoms with Gasteiger partial charge in [-0.15, -0.1) is 54.1 Å². The molecule has 1 radical (unpaired) electrons. The minimum atomic E-state index is -2.52. The first kappa shape index (κ1) is 25.6. The molecule has 0 saturated carbocycles. The Kier molecular flexibility index (Phi) is 8.17. The van der Waals surface area contributed by atoms with Crippen molar-refractivity contribution in [1.29, 1.82) is 0 Å². The number of fused-ring (bicyclic) bond motifs is 3. The molecule has 4 aromatic heterocycles. The summed E-state index contributed by atoms with van der Waals surface area (Å²) >= 11 is 0. The Hall–Kier alpha value is -4.44. The molecule has 0 N–H and O–H groups in total. The van der Waals surface area contributed by atoms with Gasteiger partial charge in [-0.1, -0.05) is 87.5 Å². The fourth-order valence-corrected chi connectivity index (χ4v) is 5.49. The van der Waals surface area contributed by atoms with Gasteiger partial charge in [-0.05, 0) is 71.3 Å². The number of benzene rings is 3. The van der Waals surface area contributed by atoms with E-state index in [9.17, 15) is 0 Å². The van der Waals surface area contributed by atoms with Crippen molar-refractivity contribution in [3.63, 3.8) is 0 Å². The standard InChI is InChI=1S/C31H31N2O.C11H8N.Ir/c1-7-21-16-28(32-17-20(21)6)26-13-9-12-24-25-14-15-27(33-31(25)34-30(24)26)29-22(18(2)3)10-8-11-23(29)19(4)5;1-2-6-10(7-3-1)11-8-4-5-9-12-11;/h8-12,14-19H,7H2,1-6H3;1-6,8-9H;/q2*-1;/i6D3,7D2,18D,19D;;. The third-order valence-corrected chi connectivity index (χ3v) is 7.78. The number of aromatic nitrogens is 3. The summed E-state index contributed by atoms with van der Waals surface area (Å²) in [4.78, 5) is 13.5. The van der Waals surface area contributed by atoms with E-state index < -0.39 is 25.0 Å². The summed E-state index contributed by atoms with van der Waals surface area (Å²) in [6, 6.07) is 34.4. The number of hydrogen-bond donors (Lipinski definition) is 0. The fourth-order valence-electron chi connectivity index (χ4n) is 5.49. The van der Waals surface area contributed by atoms with E-state index in [1.807, 2.05) is 107 Å². The molecule has 0 aliphatic carbocycles. The average molecular weight is 801 g/mol. The maximum Gasteiger partial charge on any atom is 0.216 e. The van der Waals surface area contributed by atoms with Crippen molar-refractivity contribution in [3.8, 4) is 33.8 Å². The molecule has 3 aromatic carbocycles. The monoisotopic (exact) mass is 801 g/mol. The summed E-state index contributed by atoms with van der Waals surface area (Å²) in [7, 11) is 0. The van der Waals surface area contributed by atoms with Crippen LogP contribution >= 0.6 is 0 Å². The minimum Gasteiger partial charge on any atom is -0.486 e. The summed E-state index contributed by atoms with van der Waals surface area (Å²) in [5.41, 5.74) is 6.34. The smallest absolute Gasteiger partial charge is 0.216 e. The first-order valence-corrected chi connectivity index (χ1v) is 15.1. The zero-order valence-electron chi connectivity index (χ0n) is 33.9. The van der Waals surface area contributed by atoms with Gasteiger partial charge in [-0.2, -0.15) is 0 Å². The van der Waals surface area contributed by atoms with Gasteiger partial charge in [0, 0.05) is 53.0 Å². The van der Waals surface area contributed by atoms with E-state index in [4.69, 9.17) is 19.0 Å². The Bertz CT molecular complexity index is 2330. The summed E-state index contributed by atoms with van der Waals surface area (Å²) in [6.07, 6.45) is 1.08. The zero-order valence-corrected chi connectivity index (χ0v) is 29.3. The van der Waals surface area contributed by atoms with Crippen molar-refractivity contribution in [2.45, 2.75) is 59.6 Å². The maximum absolute atomic E-state index is 8.77. The first-order valence-electron chi connectivity index (χ1n) is 18.6. The Labute approximate surface area is 301 Å². The molecule has 0 aliphatic heterocycles. The fraction of sp³-hybridized carbons (Fsp3) is 0.214. The molecule has 5 heteroatoms. The normalized spacial score (nSPS) is 14.3. The number of rotatable bonds is 6. The van der Waals surface area contributed by atoms with Crippen LogP contribution in [0.5, 0.6) is 0 Å². The average Bonchev–Trinajstić information content (AvgIpc) is 3.49. The number of nitrogens with zero attached hydrogens (tertiary/aromatic N) is 3. The number of hydrogen-bond acceptors (Lipinski definition) is 4. The van der Waals surface area contributed by atoms with E-state index in [-0.39, 0.29) is 31.2 Å². The molecule has 0 unspecified atom stereocenters. The topological polar surface area (TPSA) is 51.8 Å². The van der Waals surface area contributed by atoms with Crippen molar-refractivity contribution < 1.29 is 34.1 Å². The van der Waals surface area contributed by atoms with Crippen LogP contribution in [-0.2, 0) is 26.5 Å². The quantitative estimate of drug-likeness (QED) is 0.157. The minimum absolute atomic E-state index is 0. The van der Waals surface area contributed by atoms with Crippen molar-refractivity contribution in [3.05, 3.63) is 138 Å². The van der Waals surface area contributed by atoms with Gasteiger partial charge in [0.1, 0.15) is 0 Å². The molecule has 0 amide bonds. The molecule has 0 spiro atoms. The molecule has 47 heavy (non-hydrogen) atoms. The zero-order chi connectivity index (χ0) is 38.3. The molecule has 7 aromatic rings. The molecule has 0 saturated heterocycles. The molecule has 239 valence electrons. The van der Waals surface area contributed by atoms with E-state index in [0.29, 0.717) is 28.2 Å². The van der Waals surface area contributed by atoms with Crippen molar-refractivity contribution in [2.75, 3.05) is 0 Å². The summed E-state index contributed by atoms with van der Waals surface area (Å²) in [5, 5.41) is 1.50. The molecule has 0 bridgehead atoms. The molecule has 4 heterocycles. The Morgan fingerprint density at radius 2 is 1.60 bits per heavy atom. The van der Waals surface area contributed by atoms with E-state index >= 15 is 0 Å². The van der Waals surface area contributed by atoms with Crippen LogP contribution in [0.3, 0.4) is 0 Å². The summed E-state index contributed by atoms with van der Waals surface area (Å²) in [6.45, 7) is 6.05. The van der Waals surface area contributed by atoms with Crippen LogP contribution < -0.4 is 0 Å². The van der Waals surface area contributed by atoms with Crippen LogP contribution in [0.2, 0.25) is 0 Å². The van der Waals surface area contributed by atoms with Gasteiger partial charge in [0.25, 0.3) is 0 Å². The van der Waals surface area contributed by atoms with Gasteiger partial charge in [0.05, 0.1) is 11.3 Å². The number of furan rings is 1. The van der Waals surface area contributed by atoms with Crippen LogP contribution in [0.25, 0.3) is 55.8 Å². The van der Waals surface area contributed by atoms with E-state index in [2.05, 4.69) is 22.1 Å². The predicted octanol–water partition coefficient (Wildman–Crippen LogP) is 11.2. The van der Waals surface area contributed by atoms with Crippen LogP contribution in [0.15, 0.2) is 108 Å². The molecule has 7 rings (SSSR count). The van der Waals surface area contributed by atoms with Gasteiger partial charge < -0.3 is 14.4 Å². The van der Waals surface area contributed by atoms with Crippen LogP contribution in [0.1, 0.15) is 78.3 Å². The predicted molar refractivity (Wildman–Crippen MR) is 190 cm³/mol. The van der Waals surface area contributed by atoms with Crippen LogP contribution in [0, 0.1) is 19.0 Å². The number of aryl methyl sites for hydroxylation is 2. The summed E-state index contributed by atoms with van der Waals surface area (Å²) < 4.78 is 63.8. The Balaban J connectivity index is 0.000000365. The van der Waals surface area contributed by atoms with Crippen LogP contribution in [0.4, 0.5) is 0 Å². The van der Waals surface area contributed by atoms with E-state index in [1.54, 1.807) is 12.3 Å². The molecule has 0 atom stereocenters. The maximum atomic E-state index is 8.77. The molecule has 4 nitrogen and oxygen atoms in total. The molecular weight excluding hydrogens is 755 g/mol. The first-order chi connectivity index (χ1) is 24.8. The summed E-state index contributed by atoms with van der Waals surface area (Å²) in [5.74, 6) is -1.87. The van der Waals surface area contributed by atoms with Crippen molar-refractivity contribution in [1.82, 2.24) is 15.0 Å². The van der Waals surface area contributed by atoms with Crippen LogP contribution in [-0.4, -0.2) is 15.0 Å². The Morgan fingerprint density at radius 1 is 0.809 bits per heavy atom. The second-order valence-corrected chi connectivity index (χ2v) is 11.3. The molecule has 0 aliphatic rings. The number of pyridine rings is 3. The Morgan fingerprint density at radius 3 is 2.26 bits per heavy atom. The van der Waals surface area contributed by atoms with Gasteiger partial charge in [0.2, 0.25) is 5.71 Å². The molecular formula is C42H39IrN3O-2. The second-order valence-electron chi connectivity index (χ2n) is 11.3. The van der Waals surface area contributed by atoms with Gasteiger partial charge in [-0.25, -0.2) is 4.98 Å². The SMILES string of the molecule is [2H]C([2H])([2H])c1cnc(-c2[c-]ccc3c2oc2nc(-c4c(C([2H])(C)C)cccc4C([2H])(C)C)ccc23)cc1C([2H])([2H])C.[Ir].[c-]1ccccc1-c1ccccn1. The third kappa shape index (κ3) is 7.12. The van der Waals surface area contributed by atoms with E-state index in [0.717, 1.165) is 38.7 Å². The largest absolute Gasteiger partial charge is 0.486 e.